The third-order valence-electron chi connectivity index (χ3n) is 1.54. The van der Waals surface area contributed by atoms with Gasteiger partial charge in [-0.05, 0) is 19.3 Å². The van der Waals surface area contributed by atoms with E-state index >= 15 is 0 Å². The van der Waals surface area contributed by atoms with Gasteiger partial charge in [-0.15, -0.1) is 0 Å². The molecule has 0 aliphatic heterocycles. The molecule has 0 saturated carbocycles. The largest absolute Gasteiger partial charge is 0.460 e. The maximum absolute atomic E-state index is 11.1. The third kappa shape index (κ3) is 6.34. The summed E-state index contributed by atoms with van der Waals surface area (Å²) in [6.07, 6.45) is 2.74. The van der Waals surface area contributed by atoms with Gasteiger partial charge in [-0.2, -0.15) is 0 Å². The number of aliphatic hydroxyl groups excluding tert-OH is 1. The van der Waals surface area contributed by atoms with Gasteiger partial charge in [-0.3, -0.25) is 0 Å². The third-order valence-corrected chi connectivity index (χ3v) is 1.54. The molecule has 0 aromatic carbocycles. The normalized spacial score (nSPS) is 11.9. The summed E-state index contributed by atoms with van der Waals surface area (Å²) in [6, 6.07) is 0. The highest BCUT2D eigenvalue weighted by atomic mass is 16.5. The Balaban J connectivity index is 3.86. The van der Waals surface area contributed by atoms with Crippen molar-refractivity contribution in [1.29, 1.82) is 0 Å². The first kappa shape index (κ1) is 12.2. The van der Waals surface area contributed by atoms with Crippen LogP contribution in [0.4, 0.5) is 0 Å². The molecule has 0 spiro atoms. The Bertz CT molecular complexity index is 183. The van der Waals surface area contributed by atoms with Gasteiger partial charge < -0.3 is 9.84 Å². The highest BCUT2D eigenvalue weighted by Gasteiger charge is 2.04. The van der Waals surface area contributed by atoms with E-state index in [0.717, 1.165) is 6.42 Å². The van der Waals surface area contributed by atoms with Gasteiger partial charge in [0.2, 0.25) is 0 Å². The Morgan fingerprint density at radius 3 is 2.62 bits per heavy atom. The van der Waals surface area contributed by atoms with Crippen LogP contribution in [-0.2, 0) is 9.53 Å². The van der Waals surface area contributed by atoms with Crippen LogP contribution < -0.4 is 0 Å². The van der Waals surface area contributed by atoms with E-state index in [1.807, 2.05) is 6.08 Å². The topological polar surface area (TPSA) is 46.5 Å². The molecule has 0 saturated heterocycles. The van der Waals surface area contributed by atoms with Gasteiger partial charge in [-0.25, -0.2) is 4.79 Å². The van der Waals surface area contributed by atoms with Crippen molar-refractivity contribution in [2.75, 3.05) is 13.2 Å². The Kier molecular flexibility index (Phi) is 6.24. The van der Waals surface area contributed by atoms with Gasteiger partial charge in [0.15, 0.2) is 0 Å². The number of aliphatic hydroxyl groups is 1. The summed E-state index contributed by atoms with van der Waals surface area (Å²) >= 11 is 0. The molecular weight excluding hydrogens is 168 g/mol. The van der Waals surface area contributed by atoms with Gasteiger partial charge in [0.1, 0.15) is 6.61 Å². The number of carbonyl (C=O) groups is 1. The first-order chi connectivity index (χ1) is 6.07. The smallest absolute Gasteiger partial charge is 0.333 e. The molecule has 0 aromatic heterocycles. The molecule has 76 valence electrons. The monoisotopic (exact) mass is 186 g/mol. The van der Waals surface area contributed by atoms with Gasteiger partial charge in [0.25, 0.3) is 0 Å². The summed E-state index contributed by atoms with van der Waals surface area (Å²) in [4.78, 5) is 11.1. The Labute approximate surface area is 79.4 Å². The van der Waals surface area contributed by atoms with Crippen LogP contribution in [-0.4, -0.2) is 24.3 Å². The number of ether oxygens (including phenoxy) is 1. The molecule has 0 aliphatic carbocycles. The molecule has 3 nitrogen and oxygen atoms in total. The number of carbonyl (C=O) groups excluding carboxylic acids is 1. The summed E-state index contributed by atoms with van der Waals surface area (Å²) in [5.41, 5.74) is 0.613. The van der Waals surface area contributed by atoms with E-state index < -0.39 is 0 Å². The van der Waals surface area contributed by atoms with Crippen LogP contribution in [0, 0.1) is 5.92 Å². The number of hydrogen-bond acceptors (Lipinski definition) is 3. The lowest BCUT2D eigenvalue weighted by atomic mass is 10.1. The van der Waals surface area contributed by atoms with E-state index in [9.17, 15) is 4.79 Å². The van der Waals surface area contributed by atoms with E-state index in [-0.39, 0.29) is 19.2 Å². The quantitative estimate of drug-likeness (QED) is 0.523. The average molecular weight is 186 g/mol. The fourth-order valence-corrected chi connectivity index (χ4v) is 0.748. The minimum Gasteiger partial charge on any atom is -0.460 e. The minimum absolute atomic E-state index is 0.0751. The Morgan fingerprint density at radius 1 is 1.54 bits per heavy atom. The van der Waals surface area contributed by atoms with Crippen molar-refractivity contribution in [2.45, 2.75) is 27.2 Å². The molecule has 0 unspecified atom stereocenters. The second kappa shape index (κ2) is 6.66. The van der Waals surface area contributed by atoms with E-state index in [4.69, 9.17) is 9.84 Å². The van der Waals surface area contributed by atoms with Crippen molar-refractivity contribution in [3.63, 3.8) is 0 Å². The molecule has 0 heterocycles. The fourth-order valence-electron chi connectivity index (χ4n) is 0.748. The fraction of sp³-hybridized carbons (Fsp3) is 0.700. The maximum atomic E-state index is 11.1. The predicted octanol–water partition coefficient (Wildman–Crippen LogP) is 1.51. The maximum Gasteiger partial charge on any atom is 0.333 e. The van der Waals surface area contributed by atoms with Crippen LogP contribution in [0.1, 0.15) is 27.2 Å². The van der Waals surface area contributed by atoms with Crippen LogP contribution in [0.25, 0.3) is 0 Å². The van der Waals surface area contributed by atoms with Crippen molar-refractivity contribution >= 4 is 5.97 Å². The molecule has 0 atom stereocenters. The highest BCUT2D eigenvalue weighted by molar-refractivity contribution is 5.87. The zero-order valence-electron chi connectivity index (χ0n) is 8.54. The molecule has 0 rings (SSSR count). The molecule has 0 fully saturated rings. The van der Waals surface area contributed by atoms with Crippen LogP contribution in [0.2, 0.25) is 0 Å². The van der Waals surface area contributed by atoms with Gasteiger partial charge in [0.05, 0.1) is 6.61 Å². The molecule has 0 bridgehead atoms. The molecular formula is C10H18O3. The number of hydrogen-bond donors (Lipinski definition) is 1. The van der Waals surface area contributed by atoms with E-state index in [0.29, 0.717) is 11.5 Å². The van der Waals surface area contributed by atoms with Gasteiger partial charge in [-0.1, -0.05) is 19.9 Å². The molecule has 0 aliphatic rings. The molecule has 0 amide bonds. The second-order valence-electron chi connectivity index (χ2n) is 3.38. The molecule has 13 heavy (non-hydrogen) atoms. The van der Waals surface area contributed by atoms with Crippen LogP contribution in [0.3, 0.4) is 0 Å². The van der Waals surface area contributed by atoms with Crippen molar-refractivity contribution < 1.29 is 14.6 Å². The molecule has 0 aromatic rings. The number of esters is 1. The van der Waals surface area contributed by atoms with Crippen molar-refractivity contribution in [3.05, 3.63) is 11.6 Å². The first-order valence-corrected chi connectivity index (χ1v) is 4.52. The summed E-state index contributed by atoms with van der Waals surface area (Å²) < 4.78 is 4.73. The van der Waals surface area contributed by atoms with E-state index in [1.54, 1.807) is 6.92 Å². The van der Waals surface area contributed by atoms with Crippen molar-refractivity contribution in [1.82, 2.24) is 0 Å². The summed E-state index contributed by atoms with van der Waals surface area (Å²) in [6.45, 7) is 5.85. The lowest BCUT2D eigenvalue weighted by Crippen LogP contribution is -2.09. The van der Waals surface area contributed by atoms with Gasteiger partial charge in [0, 0.05) is 5.57 Å². The molecule has 0 radical (unpaired) electrons. The molecule has 3 heteroatoms. The SMILES string of the molecule is CC(=CCC(C)C)C(=O)OCCO. The van der Waals surface area contributed by atoms with Crippen molar-refractivity contribution in [3.8, 4) is 0 Å². The number of rotatable bonds is 5. The van der Waals surface area contributed by atoms with Crippen LogP contribution in [0.5, 0.6) is 0 Å². The van der Waals surface area contributed by atoms with Crippen LogP contribution >= 0.6 is 0 Å². The standard InChI is InChI=1S/C10H18O3/c1-8(2)4-5-9(3)10(12)13-7-6-11/h5,8,11H,4,6-7H2,1-3H3. The average Bonchev–Trinajstić information content (AvgIpc) is 2.10. The number of allylic oxidation sites excluding steroid dienone is 1. The highest BCUT2D eigenvalue weighted by Crippen LogP contribution is 2.05. The van der Waals surface area contributed by atoms with Crippen LogP contribution in [0.15, 0.2) is 11.6 Å². The van der Waals surface area contributed by atoms with E-state index in [1.165, 1.54) is 0 Å². The van der Waals surface area contributed by atoms with Crippen molar-refractivity contribution in [2.24, 2.45) is 5.92 Å². The zero-order valence-corrected chi connectivity index (χ0v) is 8.54. The Morgan fingerprint density at radius 2 is 2.15 bits per heavy atom. The zero-order chi connectivity index (χ0) is 10.3. The van der Waals surface area contributed by atoms with E-state index in [2.05, 4.69) is 13.8 Å². The van der Waals surface area contributed by atoms with Gasteiger partial charge >= 0.3 is 5.97 Å². The summed E-state index contributed by atoms with van der Waals surface area (Å²) in [7, 11) is 0. The Hall–Kier alpha value is -0.830. The predicted molar refractivity (Wildman–Crippen MR) is 51.3 cm³/mol. The summed E-state index contributed by atoms with van der Waals surface area (Å²) in [5, 5.41) is 8.42. The lowest BCUT2D eigenvalue weighted by Gasteiger charge is -2.03. The lowest BCUT2D eigenvalue weighted by molar-refractivity contribution is -0.139. The second-order valence-corrected chi connectivity index (χ2v) is 3.38. The molecule has 1 N–H and O–H groups in total. The minimum atomic E-state index is -0.338. The summed E-state index contributed by atoms with van der Waals surface area (Å²) in [5.74, 6) is 0.204. The first-order valence-electron chi connectivity index (χ1n) is 4.52.